The van der Waals surface area contributed by atoms with E-state index < -0.39 is 24.5 Å². The summed E-state index contributed by atoms with van der Waals surface area (Å²) in [4.78, 5) is 0. The summed E-state index contributed by atoms with van der Waals surface area (Å²) in [5.41, 5.74) is 0. The van der Waals surface area contributed by atoms with Crippen LogP contribution in [0.3, 0.4) is 0 Å². The van der Waals surface area contributed by atoms with Crippen LogP contribution in [-0.4, -0.2) is 24.5 Å². The van der Waals surface area contributed by atoms with Gasteiger partial charge in [-0.1, -0.05) is 41.4 Å². The summed E-state index contributed by atoms with van der Waals surface area (Å²) in [6.07, 6.45) is 0. The highest BCUT2D eigenvalue weighted by Crippen LogP contribution is 2.23. The van der Waals surface area contributed by atoms with Crippen molar-refractivity contribution in [1.82, 2.24) is 0 Å². The van der Waals surface area contributed by atoms with Gasteiger partial charge in [0.15, 0.2) is 16.6 Å². The summed E-state index contributed by atoms with van der Waals surface area (Å²) < 4.78 is 12.5. The van der Waals surface area contributed by atoms with Gasteiger partial charge in [0.25, 0.3) is 0 Å². The molecule has 0 aliphatic rings. The standard InChI is InChI=1S/C12H23ClO2Si3/c1-16(2,3)14-18(13,15-17(4,5)6)12-10-8-7-9-11-12/h7-11H,1-6H3. The van der Waals surface area contributed by atoms with Gasteiger partial charge in [0.2, 0.25) is 0 Å². The average molecular weight is 319 g/mol. The molecular weight excluding hydrogens is 296 g/mol. The van der Waals surface area contributed by atoms with Crippen LogP contribution in [0.25, 0.3) is 0 Å². The van der Waals surface area contributed by atoms with Gasteiger partial charge in [0.1, 0.15) is 0 Å². The minimum atomic E-state index is -2.80. The van der Waals surface area contributed by atoms with Crippen molar-refractivity contribution in [2.45, 2.75) is 39.3 Å². The van der Waals surface area contributed by atoms with Crippen LogP contribution in [0, 0.1) is 0 Å². The first-order valence-electron chi connectivity index (χ1n) is 6.17. The van der Waals surface area contributed by atoms with Crippen LogP contribution < -0.4 is 5.19 Å². The molecular formula is C12H23ClO2Si3. The van der Waals surface area contributed by atoms with Gasteiger partial charge < -0.3 is 8.23 Å². The smallest absolute Gasteiger partial charge is 0.422 e. The Kier molecular flexibility index (Phi) is 5.02. The molecule has 0 atom stereocenters. The van der Waals surface area contributed by atoms with Gasteiger partial charge in [-0.3, -0.25) is 0 Å². The highest BCUT2D eigenvalue weighted by Gasteiger charge is 2.45. The first-order valence-corrected chi connectivity index (χ1v) is 15.8. The van der Waals surface area contributed by atoms with Crippen molar-refractivity contribution >= 4 is 40.8 Å². The molecule has 0 saturated carbocycles. The van der Waals surface area contributed by atoms with Crippen molar-refractivity contribution < 1.29 is 8.23 Å². The van der Waals surface area contributed by atoms with Gasteiger partial charge in [-0.15, -0.1) is 0 Å². The van der Waals surface area contributed by atoms with E-state index >= 15 is 0 Å². The molecule has 1 rings (SSSR count). The Labute approximate surface area is 118 Å². The van der Waals surface area contributed by atoms with Gasteiger partial charge in [0.05, 0.1) is 0 Å². The molecule has 0 fully saturated rings. The Bertz CT molecular complexity index is 369. The second-order valence-electron chi connectivity index (χ2n) is 6.33. The minimum absolute atomic E-state index is 1.01. The molecule has 102 valence electrons. The molecule has 1 aromatic rings. The molecule has 0 spiro atoms. The Hall–Kier alpha value is 0.0806. The molecule has 0 aliphatic heterocycles. The number of benzene rings is 1. The van der Waals surface area contributed by atoms with E-state index in [1.165, 1.54) is 0 Å². The predicted molar refractivity (Wildman–Crippen MR) is 86.5 cm³/mol. The number of halogens is 1. The quantitative estimate of drug-likeness (QED) is 0.607. The fraction of sp³-hybridized carbons (Fsp3) is 0.500. The van der Waals surface area contributed by atoms with E-state index in [2.05, 4.69) is 39.3 Å². The van der Waals surface area contributed by atoms with Crippen molar-refractivity contribution in [3.8, 4) is 0 Å². The van der Waals surface area contributed by atoms with Crippen molar-refractivity contribution in [1.29, 1.82) is 0 Å². The first-order chi connectivity index (χ1) is 8.02. The van der Waals surface area contributed by atoms with Crippen LogP contribution in [0.2, 0.25) is 39.3 Å². The first kappa shape index (κ1) is 16.1. The van der Waals surface area contributed by atoms with Gasteiger partial charge in [-0.05, 0) is 39.3 Å². The average Bonchev–Trinajstić information content (AvgIpc) is 2.13. The molecule has 0 N–H and O–H groups in total. The minimum Gasteiger partial charge on any atom is -0.422 e. The van der Waals surface area contributed by atoms with Gasteiger partial charge >= 0.3 is 7.87 Å². The lowest BCUT2D eigenvalue weighted by Gasteiger charge is -2.36. The summed E-state index contributed by atoms with van der Waals surface area (Å²) in [5, 5.41) is 1.01. The number of rotatable bonds is 5. The molecule has 0 aromatic heterocycles. The topological polar surface area (TPSA) is 18.5 Å². The zero-order valence-electron chi connectivity index (χ0n) is 12.1. The molecule has 2 nitrogen and oxygen atoms in total. The molecule has 0 unspecified atom stereocenters. The molecule has 0 amide bonds. The largest absolute Gasteiger partial charge is 0.457 e. The summed E-state index contributed by atoms with van der Waals surface area (Å²) in [6, 6.07) is 9.98. The van der Waals surface area contributed by atoms with E-state index in [4.69, 9.17) is 19.3 Å². The molecule has 0 aliphatic carbocycles. The molecule has 0 saturated heterocycles. The summed E-state index contributed by atoms with van der Waals surface area (Å²) in [5.74, 6) is 0. The van der Waals surface area contributed by atoms with Gasteiger partial charge in [0, 0.05) is 5.19 Å². The van der Waals surface area contributed by atoms with Crippen molar-refractivity contribution in [3.63, 3.8) is 0 Å². The summed E-state index contributed by atoms with van der Waals surface area (Å²) in [6.45, 7) is 12.9. The maximum absolute atomic E-state index is 6.80. The van der Waals surface area contributed by atoms with E-state index in [9.17, 15) is 0 Å². The zero-order chi connectivity index (χ0) is 14.0. The van der Waals surface area contributed by atoms with E-state index in [1.54, 1.807) is 0 Å². The summed E-state index contributed by atoms with van der Waals surface area (Å²) in [7, 11) is -6.30. The normalized spacial score (nSPS) is 13.7. The van der Waals surface area contributed by atoms with Crippen molar-refractivity contribution in [2.75, 3.05) is 0 Å². The molecule has 0 bridgehead atoms. The van der Waals surface area contributed by atoms with E-state index in [-0.39, 0.29) is 0 Å². The highest BCUT2D eigenvalue weighted by molar-refractivity contribution is 7.24. The monoisotopic (exact) mass is 318 g/mol. The molecule has 0 heterocycles. The maximum Gasteiger partial charge on any atom is 0.457 e. The third-order valence-corrected chi connectivity index (χ3v) is 12.1. The lowest BCUT2D eigenvalue weighted by atomic mass is 10.4. The van der Waals surface area contributed by atoms with Crippen LogP contribution in [0.15, 0.2) is 30.3 Å². The summed E-state index contributed by atoms with van der Waals surface area (Å²) >= 11 is 6.80. The van der Waals surface area contributed by atoms with Crippen LogP contribution >= 0.6 is 11.1 Å². The third kappa shape index (κ3) is 5.38. The Morgan fingerprint density at radius 3 is 1.50 bits per heavy atom. The predicted octanol–water partition coefficient (Wildman–Crippen LogP) is 3.77. The lowest BCUT2D eigenvalue weighted by Crippen LogP contribution is -2.58. The fourth-order valence-corrected chi connectivity index (χ4v) is 14.5. The van der Waals surface area contributed by atoms with E-state index in [0.29, 0.717) is 0 Å². The third-order valence-electron chi connectivity index (χ3n) is 1.99. The van der Waals surface area contributed by atoms with Crippen LogP contribution in [0.5, 0.6) is 0 Å². The Morgan fingerprint density at radius 2 is 1.17 bits per heavy atom. The van der Waals surface area contributed by atoms with Crippen molar-refractivity contribution in [3.05, 3.63) is 30.3 Å². The zero-order valence-corrected chi connectivity index (χ0v) is 15.8. The molecule has 1 aromatic carbocycles. The highest BCUT2D eigenvalue weighted by atomic mass is 35.6. The molecule has 0 radical (unpaired) electrons. The van der Waals surface area contributed by atoms with E-state index in [0.717, 1.165) is 5.19 Å². The van der Waals surface area contributed by atoms with E-state index in [1.807, 2.05) is 30.3 Å². The molecule has 6 heteroatoms. The second-order valence-corrected chi connectivity index (χ2v) is 19.6. The van der Waals surface area contributed by atoms with Gasteiger partial charge in [-0.2, -0.15) is 0 Å². The Balaban J connectivity index is 3.09. The number of hydrogen-bond donors (Lipinski definition) is 0. The maximum atomic E-state index is 6.80. The second kappa shape index (κ2) is 5.60. The Morgan fingerprint density at radius 1 is 0.778 bits per heavy atom. The van der Waals surface area contributed by atoms with Gasteiger partial charge in [-0.25, -0.2) is 0 Å². The van der Waals surface area contributed by atoms with Crippen LogP contribution in [0.4, 0.5) is 0 Å². The SMILES string of the molecule is C[Si](C)(C)O[Si](Cl)(O[Si](C)(C)C)c1ccccc1. The number of hydrogen-bond acceptors (Lipinski definition) is 2. The lowest BCUT2D eigenvalue weighted by molar-refractivity contribution is 0.423. The van der Waals surface area contributed by atoms with Crippen molar-refractivity contribution in [2.24, 2.45) is 0 Å². The van der Waals surface area contributed by atoms with Crippen LogP contribution in [-0.2, 0) is 8.23 Å². The molecule has 18 heavy (non-hydrogen) atoms. The fourth-order valence-electron chi connectivity index (χ4n) is 1.56. The van der Waals surface area contributed by atoms with Crippen LogP contribution in [0.1, 0.15) is 0 Å².